The fourth-order valence-corrected chi connectivity index (χ4v) is 5.49. The molecule has 11 heteroatoms. The Morgan fingerprint density at radius 1 is 1.13 bits per heavy atom. The maximum atomic E-state index is 14.2. The summed E-state index contributed by atoms with van der Waals surface area (Å²) in [7, 11) is -3.65. The number of hydrogen-bond donors (Lipinski definition) is 3. The molecule has 4 aromatic rings. The average Bonchev–Trinajstić information content (AvgIpc) is 2.86. The Bertz CT molecular complexity index is 1580. The zero-order valence-corrected chi connectivity index (χ0v) is 21.5. The minimum atomic E-state index is -3.65. The van der Waals surface area contributed by atoms with Gasteiger partial charge in [0.25, 0.3) is 0 Å². The largest absolute Gasteiger partial charge is 0.504 e. The van der Waals surface area contributed by atoms with Crippen molar-refractivity contribution in [1.82, 2.24) is 9.97 Å². The molecule has 4 N–H and O–H groups in total. The molecule has 0 radical (unpaired) electrons. The van der Waals surface area contributed by atoms with Gasteiger partial charge in [0, 0.05) is 37.0 Å². The van der Waals surface area contributed by atoms with E-state index in [1.54, 1.807) is 24.4 Å². The quantitative estimate of drug-likeness (QED) is 0.294. The van der Waals surface area contributed by atoms with Crippen LogP contribution in [0.5, 0.6) is 5.75 Å². The van der Waals surface area contributed by atoms with Crippen molar-refractivity contribution in [2.45, 2.75) is 31.2 Å². The lowest BCUT2D eigenvalue weighted by Gasteiger charge is -2.31. The van der Waals surface area contributed by atoms with Crippen LogP contribution < -0.4 is 16.0 Å². The normalized spacial score (nSPS) is 15.8. The highest BCUT2D eigenvalue weighted by Gasteiger charge is 2.20. The Labute approximate surface area is 226 Å². The van der Waals surface area contributed by atoms with E-state index in [-0.39, 0.29) is 23.4 Å². The first-order valence-corrected chi connectivity index (χ1v) is 13.9. The highest BCUT2D eigenvalue weighted by atomic mass is 35.5. The molecule has 0 saturated carbocycles. The van der Waals surface area contributed by atoms with Crippen molar-refractivity contribution in [2.75, 3.05) is 29.6 Å². The lowest BCUT2D eigenvalue weighted by Crippen LogP contribution is -2.43. The highest BCUT2D eigenvalue weighted by molar-refractivity contribution is 7.90. The van der Waals surface area contributed by atoms with E-state index in [1.807, 2.05) is 12.1 Å². The molecule has 38 heavy (non-hydrogen) atoms. The van der Waals surface area contributed by atoms with E-state index in [0.29, 0.717) is 33.4 Å². The molecule has 2 aromatic carbocycles. The number of nitrogens with two attached hydrogens (primary N) is 1. The molecule has 0 amide bonds. The Hall–Kier alpha value is -3.47. The fraction of sp³-hybridized carbons (Fsp3) is 0.259. The first kappa shape index (κ1) is 27.6. The molecular formula is C27H29ClFN5O3S. The molecule has 1 unspecified atom stereocenters. The summed E-state index contributed by atoms with van der Waals surface area (Å²) in [5.41, 5.74) is 8.54. The van der Waals surface area contributed by atoms with Crippen LogP contribution in [0.1, 0.15) is 20.3 Å². The molecule has 1 saturated heterocycles. The summed E-state index contributed by atoms with van der Waals surface area (Å²) in [6.07, 6.45) is 6.06. The number of rotatable bonds is 5. The molecule has 0 bridgehead atoms. The minimum Gasteiger partial charge on any atom is -0.504 e. The van der Waals surface area contributed by atoms with Gasteiger partial charge in [-0.05, 0) is 60.4 Å². The van der Waals surface area contributed by atoms with Gasteiger partial charge in [0.15, 0.2) is 21.4 Å². The van der Waals surface area contributed by atoms with Crippen molar-refractivity contribution in [3.63, 3.8) is 0 Å². The van der Waals surface area contributed by atoms with Crippen LogP contribution in [0.15, 0.2) is 59.8 Å². The van der Waals surface area contributed by atoms with Gasteiger partial charge < -0.3 is 21.1 Å². The summed E-state index contributed by atoms with van der Waals surface area (Å²) in [6, 6.07) is 11.6. The number of sulfone groups is 1. The monoisotopic (exact) mass is 557 g/mol. The SMILES string of the molecule is C.CS(=O)(=O)c1cnc2ccc(-c3cc(F)c(O)c(Cl)c3)cc2c1Nc1ccc(N2CCCC(N)C2)nc1. The van der Waals surface area contributed by atoms with Crippen molar-refractivity contribution in [1.29, 1.82) is 0 Å². The smallest absolute Gasteiger partial charge is 0.179 e. The van der Waals surface area contributed by atoms with Crippen LogP contribution in [0.4, 0.5) is 21.6 Å². The number of anilines is 3. The summed E-state index contributed by atoms with van der Waals surface area (Å²) in [4.78, 5) is 11.0. The van der Waals surface area contributed by atoms with Gasteiger partial charge in [-0.1, -0.05) is 25.1 Å². The molecule has 1 aliphatic heterocycles. The number of pyridine rings is 2. The number of benzene rings is 2. The predicted molar refractivity (Wildman–Crippen MR) is 151 cm³/mol. The molecule has 0 spiro atoms. The molecule has 5 rings (SSSR count). The Kier molecular flexibility index (Phi) is 7.78. The number of nitrogens with zero attached hydrogens (tertiary/aromatic N) is 3. The van der Waals surface area contributed by atoms with Crippen LogP contribution in [0.2, 0.25) is 5.02 Å². The molecule has 1 atom stereocenters. The fourth-order valence-electron chi connectivity index (χ4n) is 4.51. The number of aromatic nitrogens is 2. The Balaban J connectivity index is 0.00000336. The van der Waals surface area contributed by atoms with Crippen LogP contribution >= 0.6 is 11.6 Å². The van der Waals surface area contributed by atoms with Gasteiger partial charge in [-0.3, -0.25) is 4.98 Å². The van der Waals surface area contributed by atoms with Crippen LogP contribution in [-0.2, 0) is 9.84 Å². The van der Waals surface area contributed by atoms with Crippen molar-refractivity contribution < 1.29 is 17.9 Å². The van der Waals surface area contributed by atoms with Crippen LogP contribution in [-0.4, -0.2) is 48.9 Å². The van der Waals surface area contributed by atoms with E-state index in [1.165, 1.54) is 18.3 Å². The topological polar surface area (TPSA) is 121 Å². The lowest BCUT2D eigenvalue weighted by molar-refractivity contribution is 0.433. The summed E-state index contributed by atoms with van der Waals surface area (Å²) in [6.45, 7) is 1.61. The molecule has 2 aromatic heterocycles. The van der Waals surface area contributed by atoms with Crippen LogP contribution in [0, 0.1) is 5.82 Å². The standard InChI is InChI=1S/C26H25ClFN5O3S.CH4/c1-37(35,36)23-13-30-22-6-4-15(16-10-20(27)26(34)21(28)11-16)9-19(22)25(23)32-18-5-7-24(31-12-18)33-8-2-3-17(29)14-33;/h4-7,9-13,17,34H,2-3,8,14,29H2,1H3,(H,30,32);1H4. The summed E-state index contributed by atoms with van der Waals surface area (Å²) >= 11 is 5.98. The van der Waals surface area contributed by atoms with Gasteiger partial charge in [0.2, 0.25) is 0 Å². The number of phenolic OH excluding ortho intramolecular Hbond substituents is 1. The van der Waals surface area contributed by atoms with Crippen LogP contribution in [0.3, 0.4) is 0 Å². The van der Waals surface area contributed by atoms with Gasteiger partial charge >= 0.3 is 0 Å². The number of hydrogen-bond acceptors (Lipinski definition) is 8. The van der Waals surface area contributed by atoms with Gasteiger partial charge in [0.1, 0.15) is 10.7 Å². The number of halogens is 2. The van der Waals surface area contributed by atoms with E-state index in [2.05, 4.69) is 20.2 Å². The summed E-state index contributed by atoms with van der Waals surface area (Å²) < 4.78 is 39.5. The van der Waals surface area contributed by atoms with Crippen molar-refractivity contribution in [3.05, 3.63) is 65.7 Å². The molecule has 1 aliphatic rings. The summed E-state index contributed by atoms with van der Waals surface area (Å²) in [5, 5.41) is 13.3. The van der Waals surface area contributed by atoms with Crippen molar-refractivity contribution in [3.8, 4) is 16.9 Å². The predicted octanol–water partition coefficient (Wildman–Crippen LogP) is 5.51. The zero-order chi connectivity index (χ0) is 26.3. The summed E-state index contributed by atoms with van der Waals surface area (Å²) in [5.74, 6) is -0.681. The third-order valence-electron chi connectivity index (χ3n) is 6.38. The number of aromatic hydroxyl groups is 1. The molecule has 1 fully saturated rings. The minimum absolute atomic E-state index is 0. The lowest BCUT2D eigenvalue weighted by atomic mass is 10.0. The Morgan fingerprint density at radius 2 is 1.92 bits per heavy atom. The van der Waals surface area contributed by atoms with E-state index < -0.39 is 21.4 Å². The second-order valence-corrected chi connectivity index (χ2v) is 11.6. The second-order valence-electron chi connectivity index (χ2n) is 9.17. The maximum absolute atomic E-state index is 14.2. The van der Waals surface area contributed by atoms with Gasteiger partial charge in [-0.15, -0.1) is 0 Å². The first-order valence-electron chi connectivity index (χ1n) is 11.6. The van der Waals surface area contributed by atoms with Gasteiger partial charge in [-0.25, -0.2) is 17.8 Å². The molecule has 0 aliphatic carbocycles. The first-order chi connectivity index (χ1) is 17.6. The maximum Gasteiger partial charge on any atom is 0.179 e. The molecular weight excluding hydrogens is 529 g/mol. The highest BCUT2D eigenvalue weighted by Crippen LogP contribution is 2.37. The zero-order valence-electron chi connectivity index (χ0n) is 19.9. The third kappa shape index (κ3) is 5.52. The van der Waals surface area contributed by atoms with Crippen molar-refractivity contribution >= 4 is 49.5 Å². The van der Waals surface area contributed by atoms with Crippen LogP contribution in [0.25, 0.3) is 22.0 Å². The van der Waals surface area contributed by atoms with E-state index in [9.17, 15) is 17.9 Å². The van der Waals surface area contributed by atoms with E-state index in [4.69, 9.17) is 17.3 Å². The average molecular weight is 558 g/mol. The van der Waals surface area contributed by atoms with Gasteiger partial charge in [0.05, 0.1) is 28.1 Å². The third-order valence-corrected chi connectivity index (χ3v) is 7.78. The van der Waals surface area contributed by atoms with E-state index in [0.717, 1.165) is 38.0 Å². The number of fused-ring (bicyclic) bond motifs is 1. The van der Waals surface area contributed by atoms with Gasteiger partial charge in [-0.2, -0.15) is 0 Å². The second kappa shape index (κ2) is 10.7. The molecule has 200 valence electrons. The Morgan fingerprint density at radius 3 is 2.58 bits per heavy atom. The number of phenols is 1. The number of piperidine rings is 1. The molecule has 3 heterocycles. The van der Waals surface area contributed by atoms with E-state index >= 15 is 0 Å². The number of nitrogens with one attached hydrogen (secondary N) is 1. The molecule has 8 nitrogen and oxygen atoms in total. The van der Waals surface area contributed by atoms with Crippen molar-refractivity contribution in [2.24, 2.45) is 5.73 Å².